The van der Waals surface area contributed by atoms with E-state index in [4.69, 9.17) is 9.47 Å². The summed E-state index contributed by atoms with van der Waals surface area (Å²) < 4.78 is 11.5. The maximum atomic E-state index is 12.3. The zero-order valence-corrected chi connectivity index (χ0v) is 16.4. The molecule has 6 heteroatoms. The van der Waals surface area contributed by atoms with Gasteiger partial charge < -0.3 is 20.1 Å². The van der Waals surface area contributed by atoms with Crippen molar-refractivity contribution in [1.82, 2.24) is 10.2 Å². The van der Waals surface area contributed by atoms with Crippen LogP contribution in [0.2, 0.25) is 0 Å². The molecule has 2 aromatic carbocycles. The molecule has 3 rings (SSSR count). The Morgan fingerprint density at radius 2 is 1.96 bits per heavy atom. The molecule has 0 radical (unpaired) electrons. The highest BCUT2D eigenvalue weighted by molar-refractivity contribution is 5.90. The van der Waals surface area contributed by atoms with Gasteiger partial charge in [0.2, 0.25) is 0 Å². The van der Waals surface area contributed by atoms with Gasteiger partial charge in [0, 0.05) is 26.2 Å². The van der Waals surface area contributed by atoms with E-state index in [-0.39, 0.29) is 12.1 Å². The number of hydrogen-bond acceptors (Lipinski definition) is 4. The summed E-state index contributed by atoms with van der Waals surface area (Å²) in [5, 5.41) is 5.78. The number of ether oxygens (including phenoxy) is 2. The molecule has 1 aliphatic rings. The number of urea groups is 1. The third kappa shape index (κ3) is 6.25. The number of carbonyl (C=O) groups is 1. The molecule has 0 spiro atoms. The summed E-state index contributed by atoms with van der Waals surface area (Å²) in [5.41, 5.74) is 1.96. The normalized spacial score (nSPS) is 17.1. The largest absolute Gasteiger partial charge is 0.491 e. The van der Waals surface area contributed by atoms with Gasteiger partial charge in [-0.1, -0.05) is 49.4 Å². The van der Waals surface area contributed by atoms with Crippen LogP contribution in [0.15, 0.2) is 54.6 Å². The van der Waals surface area contributed by atoms with Crippen LogP contribution >= 0.6 is 0 Å². The highest BCUT2D eigenvalue weighted by atomic mass is 16.5. The molecule has 1 unspecified atom stereocenters. The Kier molecular flexibility index (Phi) is 7.70. The monoisotopic (exact) mass is 383 g/mol. The number of rotatable bonds is 8. The fourth-order valence-electron chi connectivity index (χ4n) is 3.17. The number of anilines is 1. The van der Waals surface area contributed by atoms with Gasteiger partial charge in [0.25, 0.3) is 0 Å². The molecule has 1 heterocycles. The number of amides is 2. The van der Waals surface area contributed by atoms with Gasteiger partial charge in [-0.25, -0.2) is 4.79 Å². The van der Waals surface area contributed by atoms with Gasteiger partial charge in [0.15, 0.2) is 0 Å². The molecule has 1 atom stereocenters. The number of hydrogen-bond donors (Lipinski definition) is 2. The van der Waals surface area contributed by atoms with Crippen LogP contribution in [-0.4, -0.2) is 49.9 Å². The maximum absolute atomic E-state index is 12.3. The van der Waals surface area contributed by atoms with E-state index in [0.717, 1.165) is 26.1 Å². The molecular weight excluding hydrogens is 354 g/mol. The number of nitrogens with one attached hydrogen (secondary N) is 2. The average Bonchev–Trinajstić information content (AvgIpc) is 2.73. The molecule has 1 aliphatic heterocycles. The number of nitrogens with zero attached hydrogens (tertiary/aromatic N) is 1. The third-order valence-corrected chi connectivity index (χ3v) is 4.56. The molecule has 6 nitrogen and oxygen atoms in total. The van der Waals surface area contributed by atoms with E-state index in [1.54, 1.807) is 0 Å². The first kappa shape index (κ1) is 20.2. The van der Waals surface area contributed by atoms with Crippen LogP contribution in [0.4, 0.5) is 10.5 Å². The number of morpholine rings is 1. The van der Waals surface area contributed by atoms with Crippen molar-refractivity contribution in [3.63, 3.8) is 0 Å². The predicted molar refractivity (Wildman–Crippen MR) is 111 cm³/mol. The molecule has 0 saturated carbocycles. The average molecular weight is 383 g/mol. The van der Waals surface area contributed by atoms with E-state index in [1.807, 2.05) is 37.3 Å². The van der Waals surface area contributed by atoms with E-state index in [2.05, 4.69) is 39.8 Å². The molecular formula is C22H29N3O3. The molecule has 0 aromatic heterocycles. The Balaban J connectivity index is 1.45. The lowest BCUT2D eigenvalue weighted by Gasteiger charge is -2.33. The van der Waals surface area contributed by atoms with E-state index in [0.29, 0.717) is 31.2 Å². The van der Waals surface area contributed by atoms with Gasteiger partial charge in [-0.05, 0) is 24.1 Å². The van der Waals surface area contributed by atoms with E-state index in [9.17, 15) is 4.79 Å². The summed E-state index contributed by atoms with van der Waals surface area (Å²) in [4.78, 5) is 14.7. The van der Waals surface area contributed by atoms with Gasteiger partial charge in [0.05, 0.1) is 25.0 Å². The van der Waals surface area contributed by atoms with Gasteiger partial charge >= 0.3 is 6.03 Å². The SMILES string of the molecule is CCCOc1ccccc1NC(=O)NCC1CN(Cc2ccccc2)CCO1. The number of benzene rings is 2. The Labute approximate surface area is 166 Å². The molecule has 1 fully saturated rings. The van der Waals surface area contributed by atoms with Crippen molar-refractivity contribution in [3.8, 4) is 5.75 Å². The van der Waals surface area contributed by atoms with Crippen molar-refractivity contribution >= 4 is 11.7 Å². The van der Waals surface area contributed by atoms with Crippen LogP contribution in [0, 0.1) is 0 Å². The molecule has 2 N–H and O–H groups in total. The van der Waals surface area contributed by atoms with Crippen LogP contribution < -0.4 is 15.4 Å². The maximum Gasteiger partial charge on any atom is 0.319 e. The molecule has 0 aliphatic carbocycles. The van der Waals surface area contributed by atoms with Crippen molar-refractivity contribution < 1.29 is 14.3 Å². The lowest BCUT2D eigenvalue weighted by molar-refractivity contribution is -0.0285. The van der Waals surface area contributed by atoms with E-state index >= 15 is 0 Å². The smallest absolute Gasteiger partial charge is 0.319 e. The standard InChI is InChI=1S/C22H29N3O3/c1-2-13-28-21-11-7-6-10-20(21)24-22(26)23-15-19-17-25(12-14-27-19)16-18-8-4-3-5-9-18/h3-11,19H,2,12-17H2,1H3,(H2,23,24,26). The van der Waals surface area contributed by atoms with Crippen LogP contribution in [0.1, 0.15) is 18.9 Å². The van der Waals surface area contributed by atoms with Crippen LogP contribution in [0.3, 0.4) is 0 Å². The second-order valence-corrected chi connectivity index (χ2v) is 6.89. The second-order valence-electron chi connectivity index (χ2n) is 6.89. The zero-order chi connectivity index (χ0) is 19.6. The minimum atomic E-state index is -0.253. The second kappa shape index (κ2) is 10.7. The predicted octanol–water partition coefficient (Wildman–Crippen LogP) is 3.50. The fourth-order valence-corrected chi connectivity index (χ4v) is 3.17. The molecule has 2 aromatic rings. The van der Waals surface area contributed by atoms with Gasteiger partial charge in [-0.2, -0.15) is 0 Å². The molecule has 28 heavy (non-hydrogen) atoms. The molecule has 1 saturated heterocycles. The van der Waals surface area contributed by atoms with Crippen molar-refractivity contribution in [1.29, 1.82) is 0 Å². The molecule has 0 bridgehead atoms. The molecule has 150 valence electrons. The summed E-state index contributed by atoms with van der Waals surface area (Å²) in [5.74, 6) is 0.683. The fraction of sp³-hybridized carbons (Fsp3) is 0.409. The van der Waals surface area contributed by atoms with Crippen molar-refractivity contribution in [2.24, 2.45) is 0 Å². The first-order valence-electron chi connectivity index (χ1n) is 9.89. The van der Waals surface area contributed by atoms with Crippen molar-refractivity contribution in [2.75, 3.05) is 38.2 Å². The highest BCUT2D eigenvalue weighted by Gasteiger charge is 2.21. The highest BCUT2D eigenvalue weighted by Crippen LogP contribution is 2.23. The van der Waals surface area contributed by atoms with E-state index in [1.165, 1.54) is 5.56 Å². The van der Waals surface area contributed by atoms with Gasteiger partial charge in [-0.3, -0.25) is 4.90 Å². The Hall–Kier alpha value is -2.57. The first-order valence-corrected chi connectivity index (χ1v) is 9.89. The summed E-state index contributed by atoms with van der Waals surface area (Å²) in [6, 6.07) is 17.6. The first-order chi connectivity index (χ1) is 13.7. The minimum absolute atomic E-state index is 0.0187. The lowest BCUT2D eigenvalue weighted by atomic mass is 10.2. The summed E-state index contributed by atoms with van der Waals surface area (Å²) >= 11 is 0. The van der Waals surface area contributed by atoms with Crippen LogP contribution in [0.5, 0.6) is 5.75 Å². The van der Waals surface area contributed by atoms with Gasteiger partial charge in [-0.15, -0.1) is 0 Å². The van der Waals surface area contributed by atoms with Crippen molar-refractivity contribution in [3.05, 3.63) is 60.2 Å². The topological polar surface area (TPSA) is 62.8 Å². The Morgan fingerprint density at radius 1 is 1.18 bits per heavy atom. The lowest BCUT2D eigenvalue weighted by Crippen LogP contribution is -2.47. The number of carbonyl (C=O) groups excluding carboxylic acids is 1. The van der Waals surface area contributed by atoms with E-state index < -0.39 is 0 Å². The molecule has 2 amide bonds. The third-order valence-electron chi connectivity index (χ3n) is 4.56. The van der Waals surface area contributed by atoms with Crippen molar-refractivity contribution in [2.45, 2.75) is 26.0 Å². The Bertz CT molecular complexity index is 739. The minimum Gasteiger partial charge on any atom is -0.491 e. The van der Waals surface area contributed by atoms with Crippen LogP contribution in [-0.2, 0) is 11.3 Å². The number of para-hydroxylation sites is 2. The van der Waals surface area contributed by atoms with Crippen LogP contribution in [0.25, 0.3) is 0 Å². The Morgan fingerprint density at radius 3 is 2.79 bits per heavy atom. The summed E-state index contributed by atoms with van der Waals surface area (Å²) in [6.45, 7) is 6.41. The van der Waals surface area contributed by atoms with Gasteiger partial charge in [0.1, 0.15) is 5.75 Å². The zero-order valence-electron chi connectivity index (χ0n) is 16.4. The summed E-state index contributed by atoms with van der Waals surface area (Å²) in [6.07, 6.45) is 0.897. The summed E-state index contributed by atoms with van der Waals surface area (Å²) in [7, 11) is 0. The quantitative estimate of drug-likeness (QED) is 0.732.